The number of nitrogens with one attached hydrogen (secondary N) is 2. The van der Waals surface area contributed by atoms with E-state index >= 15 is 0 Å². The Morgan fingerprint density at radius 3 is 2.39 bits per heavy atom. The molecule has 8 heteroatoms. The molecule has 2 aromatic carbocycles. The van der Waals surface area contributed by atoms with E-state index in [-0.39, 0.29) is 17.0 Å². The number of aromatic amines is 1. The van der Waals surface area contributed by atoms with E-state index in [1.165, 1.54) is 38.4 Å². The van der Waals surface area contributed by atoms with Gasteiger partial charge in [-0.25, -0.2) is 12.7 Å². The minimum atomic E-state index is -3.55. The standard InChI is InChI=1S/C20H21N3O4S/c1-13-4-9-18-15(10-13)11-16(20(25)22-18)12-21-19(24)14-5-7-17(8-6-14)28(26,27)23(2)3/h4-11H,12H2,1-3H3,(H,21,24)(H,22,25). The number of benzene rings is 2. The van der Waals surface area contributed by atoms with Crippen LogP contribution in [0.3, 0.4) is 0 Å². The fraction of sp³-hybridized carbons (Fsp3) is 0.200. The second-order valence-corrected chi connectivity index (χ2v) is 8.86. The zero-order valence-electron chi connectivity index (χ0n) is 15.8. The molecular weight excluding hydrogens is 378 g/mol. The van der Waals surface area contributed by atoms with Crippen molar-refractivity contribution < 1.29 is 13.2 Å². The summed E-state index contributed by atoms with van der Waals surface area (Å²) in [6, 6.07) is 13.1. The van der Waals surface area contributed by atoms with Crippen LogP contribution in [0.25, 0.3) is 10.9 Å². The van der Waals surface area contributed by atoms with Crippen LogP contribution in [0.4, 0.5) is 0 Å². The van der Waals surface area contributed by atoms with Crippen LogP contribution in [-0.4, -0.2) is 37.7 Å². The van der Waals surface area contributed by atoms with Crippen LogP contribution in [-0.2, 0) is 16.6 Å². The summed E-state index contributed by atoms with van der Waals surface area (Å²) in [6.45, 7) is 2.03. The van der Waals surface area contributed by atoms with Gasteiger partial charge in [0.25, 0.3) is 11.5 Å². The maximum atomic E-state index is 12.4. The molecule has 0 unspecified atom stereocenters. The van der Waals surface area contributed by atoms with Crippen LogP contribution in [0.1, 0.15) is 21.5 Å². The minimum Gasteiger partial charge on any atom is -0.348 e. The Morgan fingerprint density at radius 2 is 1.75 bits per heavy atom. The van der Waals surface area contributed by atoms with Gasteiger partial charge in [-0.2, -0.15) is 0 Å². The second-order valence-electron chi connectivity index (χ2n) is 6.71. The lowest BCUT2D eigenvalue weighted by Gasteiger charge is -2.11. The molecule has 0 radical (unpaired) electrons. The lowest BCUT2D eigenvalue weighted by Crippen LogP contribution is -2.27. The van der Waals surface area contributed by atoms with Gasteiger partial charge in [-0.05, 0) is 54.8 Å². The first kappa shape index (κ1) is 19.8. The van der Waals surface area contributed by atoms with Gasteiger partial charge in [0.1, 0.15) is 0 Å². The molecule has 0 saturated heterocycles. The summed E-state index contributed by atoms with van der Waals surface area (Å²) in [5.74, 6) is -0.391. The summed E-state index contributed by atoms with van der Waals surface area (Å²) < 4.78 is 25.3. The Morgan fingerprint density at radius 1 is 1.07 bits per heavy atom. The number of hydrogen-bond donors (Lipinski definition) is 2. The number of fused-ring (bicyclic) bond motifs is 1. The average Bonchev–Trinajstić information content (AvgIpc) is 2.66. The first-order valence-electron chi connectivity index (χ1n) is 8.62. The average molecular weight is 399 g/mol. The molecule has 0 atom stereocenters. The highest BCUT2D eigenvalue weighted by Gasteiger charge is 2.17. The van der Waals surface area contributed by atoms with Gasteiger partial charge < -0.3 is 10.3 Å². The number of hydrogen-bond acceptors (Lipinski definition) is 4. The molecule has 3 aromatic rings. The van der Waals surface area contributed by atoms with Crippen molar-refractivity contribution >= 4 is 26.8 Å². The predicted molar refractivity (Wildman–Crippen MR) is 108 cm³/mol. The van der Waals surface area contributed by atoms with Crippen LogP contribution in [0.5, 0.6) is 0 Å². The smallest absolute Gasteiger partial charge is 0.253 e. The lowest BCUT2D eigenvalue weighted by molar-refractivity contribution is 0.0950. The van der Waals surface area contributed by atoms with Crippen molar-refractivity contribution in [3.05, 3.63) is 75.6 Å². The number of amides is 1. The van der Waals surface area contributed by atoms with Gasteiger partial charge in [0.2, 0.25) is 10.0 Å². The largest absolute Gasteiger partial charge is 0.348 e. The van der Waals surface area contributed by atoms with Crippen LogP contribution in [0.2, 0.25) is 0 Å². The molecular formula is C20H21N3O4S. The monoisotopic (exact) mass is 399 g/mol. The number of carbonyl (C=O) groups excluding carboxylic acids is 1. The van der Waals surface area contributed by atoms with E-state index in [0.717, 1.165) is 20.8 Å². The van der Waals surface area contributed by atoms with Crippen LogP contribution in [0.15, 0.2) is 58.2 Å². The fourth-order valence-electron chi connectivity index (χ4n) is 2.77. The highest BCUT2D eigenvalue weighted by molar-refractivity contribution is 7.89. The van der Waals surface area contributed by atoms with Gasteiger partial charge in [0, 0.05) is 37.3 Å². The van der Waals surface area contributed by atoms with Crippen molar-refractivity contribution in [2.75, 3.05) is 14.1 Å². The molecule has 0 fully saturated rings. The molecule has 0 bridgehead atoms. The number of sulfonamides is 1. The van der Waals surface area contributed by atoms with Crippen LogP contribution >= 0.6 is 0 Å². The number of rotatable bonds is 5. The summed E-state index contributed by atoms with van der Waals surface area (Å²) in [5, 5.41) is 3.59. The van der Waals surface area contributed by atoms with E-state index in [4.69, 9.17) is 0 Å². The molecule has 1 heterocycles. The maximum absolute atomic E-state index is 12.4. The topological polar surface area (TPSA) is 99.3 Å². The highest BCUT2D eigenvalue weighted by Crippen LogP contribution is 2.15. The molecule has 1 aromatic heterocycles. The van der Waals surface area contributed by atoms with Crippen LogP contribution < -0.4 is 10.9 Å². The molecule has 2 N–H and O–H groups in total. The third-order valence-corrected chi connectivity index (χ3v) is 6.24. The van der Waals surface area contributed by atoms with Gasteiger partial charge in [0.15, 0.2) is 0 Å². The van der Waals surface area contributed by atoms with Gasteiger partial charge in [-0.1, -0.05) is 11.6 Å². The summed E-state index contributed by atoms with van der Waals surface area (Å²) >= 11 is 0. The first-order valence-corrected chi connectivity index (χ1v) is 10.1. The minimum absolute atomic E-state index is 0.0653. The molecule has 3 rings (SSSR count). The normalized spacial score (nSPS) is 11.7. The SMILES string of the molecule is Cc1ccc2[nH]c(=O)c(CNC(=O)c3ccc(S(=O)(=O)N(C)C)cc3)cc2c1. The van der Waals surface area contributed by atoms with E-state index < -0.39 is 15.9 Å². The molecule has 1 amide bonds. The summed E-state index contributed by atoms with van der Waals surface area (Å²) in [6.07, 6.45) is 0. The Balaban J connectivity index is 1.76. The number of nitrogens with zero attached hydrogens (tertiary/aromatic N) is 1. The second kappa shape index (κ2) is 7.57. The molecule has 0 saturated carbocycles. The van der Waals surface area contributed by atoms with Crippen molar-refractivity contribution in [2.24, 2.45) is 0 Å². The zero-order valence-corrected chi connectivity index (χ0v) is 16.6. The third-order valence-electron chi connectivity index (χ3n) is 4.41. The van der Waals surface area contributed by atoms with Crippen molar-refractivity contribution in [3.8, 4) is 0 Å². The molecule has 0 aliphatic rings. The third kappa shape index (κ3) is 3.97. The Bertz CT molecular complexity index is 1200. The van der Waals surface area contributed by atoms with E-state index in [1.807, 2.05) is 25.1 Å². The predicted octanol–water partition coefficient (Wildman–Crippen LogP) is 2.02. The van der Waals surface area contributed by atoms with E-state index in [1.54, 1.807) is 6.07 Å². The summed E-state index contributed by atoms with van der Waals surface area (Å²) in [5.41, 5.74) is 2.30. The summed E-state index contributed by atoms with van der Waals surface area (Å²) in [7, 11) is -0.662. The Labute approximate surface area is 163 Å². The molecule has 146 valence electrons. The summed E-state index contributed by atoms with van der Waals surface area (Å²) in [4.78, 5) is 27.5. The number of aryl methyl sites for hydroxylation is 1. The molecule has 0 aliphatic heterocycles. The van der Waals surface area contributed by atoms with Gasteiger partial charge >= 0.3 is 0 Å². The number of H-pyrrole nitrogens is 1. The lowest BCUT2D eigenvalue weighted by atomic mass is 10.1. The van der Waals surface area contributed by atoms with Gasteiger partial charge in [-0.15, -0.1) is 0 Å². The number of carbonyl (C=O) groups is 1. The molecule has 7 nitrogen and oxygen atoms in total. The fourth-order valence-corrected chi connectivity index (χ4v) is 3.67. The quantitative estimate of drug-likeness (QED) is 0.686. The van der Waals surface area contributed by atoms with Crippen LogP contribution in [0, 0.1) is 6.92 Å². The van der Waals surface area contributed by atoms with Crippen molar-refractivity contribution in [3.63, 3.8) is 0 Å². The van der Waals surface area contributed by atoms with Crippen molar-refractivity contribution in [1.29, 1.82) is 0 Å². The van der Waals surface area contributed by atoms with Gasteiger partial charge in [0.05, 0.1) is 4.90 Å². The highest BCUT2D eigenvalue weighted by atomic mass is 32.2. The molecule has 28 heavy (non-hydrogen) atoms. The van der Waals surface area contributed by atoms with E-state index in [2.05, 4.69) is 10.3 Å². The zero-order chi connectivity index (χ0) is 20.5. The van der Waals surface area contributed by atoms with Gasteiger partial charge in [-0.3, -0.25) is 9.59 Å². The number of aromatic nitrogens is 1. The molecule has 0 spiro atoms. The van der Waals surface area contributed by atoms with E-state index in [9.17, 15) is 18.0 Å². The number of pyridine rings is 1. The molecule has 0 aliphatic carbocycles. The Kier molecular flexibility index (Phi) is 5.35. The van der Waals surface area contributed by atoms with Crippen molar-refractivity contribution in [2.45, 2.75) is 18.4 Å². The maximum Gasteiger partial charge on any atom is 0.253 e. The Hall–Kier alpha value is -2.97. The van der Waals surface area contributed by atoms with E-state index in [0.29, 0.717) is 11.1 Å². The first-order chi connectivity index (χ1) is 13.2. The van der Waals surface area contributed by atoms with Crippen molar-refractivity contribution in [1.82, 2.24) is 14.6 Å².